The summed E-state index contributed by atoms with van der Waals surface area (Å²) in [6.07, 6.45) is 3.03. The monoisotopic (exact) mass is 407 g/mol. The first-order valence-corrected chi connectivity index (χ1v) is 9.79. The van der Waals surface area contributed by atoms with Gasteiger partial charge >= 0.3 is 0 Å². The van der Waals surface area contributed by atoms with Gasteiger partial charge in [-0.3, -0.25) is 14.4 Å². The Labute approximate surface area is 175 Å². The molecule has 1 fully saturated rings. The third-order valence-corrected chi connectivity index (χ3v) is 4.98. The van der Waals surface area contributed by atoms with E-state index in [1.165, 1.54) is 7.11 Å². The first kappa shape index (κ1) is 21.1. The number of nitrogens with one attached hydrogen (secondary N) is 2. The van der Waals surface area contributed by atoms with Crippen LogP contribution < -0.4 is 15.4 Å². The van der Waals surface area contributed by atoms with Gasteiger partial charge in [0.1, 0.15) is 11.8 Å². The number of carbonyl (C=O) groups excluding carboxylic acids is 3. The molecule has 30 heavy (non-hydrogen) atoms. The SMILES string of the molecule is C=CCNC(=O)C1CCCN1C(=O)c1ccc(NC(=O)c2ccccc2OC)cc1. The molecule has 0 spiro atoms. The molecule has 2 N–H and O–H groups in total. The van der Waals surface area contributed by atoms with Crippen LogP contribution in [0.2, 0.25) is 0 Å². The lowest BCUT2D eigenvalue weighted by Gasteiger charge is -2.24. The molecule has 1 saturated heterocycles. The van der Waals surface area contributed by atoms with Crippen molar-refractivity contribution >= 4 is 23.4 Å². The second-order valence-electron chi connectivity index (χ2n) is 6.92. The van der Waals surface area contributed by atoms with Gasteiger partial charge in [0.15, 0.2) is 0 Å². The lowest BCUT2D eigenvalue weighted by Crippen LogP contribution is -2.46. The lowest BCUT2D eigenvalue weighted by atomic mass is 10.1. The van der Waals surface area contributed by atoms with Crippen LogP contribution in [0, 0.1) is 0 Å². The minimum absolute atomic E-state index is 0.165. The van der Waals surface area contributed by atoms with E-state index in [1.54, 1.807) is 59.5 Å². The summed E-state index contributed by atoms with van der Waals surface area (Å²) in [4.78, 5) is 39.3. The Bertz CT molecular complexity index is 940. The van der Waals surface area contributed by atoms with E-state index in [9.17, 15) is 14.4 Å². The molecular weight excluding hydrogens is 382 g/mol. The predicted octanol–water partition coefficient (Wildman–Crippen LogP) is 2.85. The second-order valence-corrected chi connectivity index (χ2v) is 6.92. The highest BCUT2D eigenvalue weighted by molar-refractivity contribution is 6.06. The Kier molecular flexibility index (Phi) is 6.85. The molecule has 1 unspecified atom stereocenters. The summed E-state index contributed by atoms with van der Waals surface area (Å²) in [6, 6.07) is 13.1. The van der Waals surface area contributed by atoms with Crippen molar-refractivity contribution in [2.24, 2.45) is 0 Å². The Hall–Kier alpha value is -3.61. The van der Waals surface area contributed by atoms with E-state index in [2.05, 4.69) is 17.2 Å². The van der Waals surface area contributed by atoms with E-state index in [-0.39, 0.29) is 17.7 Å². The zero-order valence-electron chi connectivity index (χ0n) is 16.9. The van der Waals surface area contributed by atoms with Crippen molar-refractivity contribution in [2.75, 3.05) is 25.5 Å². The van der Waals surface area contributed by atoms with Crippen LogP contribution >= 0.6 is 0 Å². The standard InChI is InChI=1S/C23H25N3O4/c1-3-14-24-22(28)19-8-6-15-26(19)23(29)16-10-12-17(13-11-16)25-21(27)18-7-4-5-9-20(18)30-2/h3-5,7,9-13,19H,1,6,8,14-15H2,2H3,(H,24,28)(H,25,27). The molecule has 156 valence electrons. The van der Waals surface area contributed by atoms with E-state index >= 15 is 0 Å². The molecule has 0 radical (unpaired) electrons. The summed E-state index contributed by atoms with van der Waals surface area (Å²) >= 11 is 0. The number of anilines is 1. The molecular formula is C23H25N3O4. The zero-order valence-corrected chi connectivity index (χ0v) is 16.9. The Balaban J connectivity index is 1.67. The Morgan fingerprint density at radius 3 is 2.60 bits per heavy atom. The average Bonchev–Trinajstić information content (AvgIpc) is 3.27. The number of rotatable bonds is 7. The average molecular weight is 407 g/mol. The molecule has 0 saturated carbocycles. The number of nitrogens with zero attached hydrogens (tertiary/aromatic N) is 1. The second kappa shape index (κ2) is 9.73. The molecule has 0 aliphatic carbocycles. The van der Waals surface area contributed by atoms with Crippen LogP contribution in [0.5, 0.6) is 5.75 Å². The van der Waals surface area contributed by atoms with Crippen molar-refractivity contribution in [3.05, 3.63) is 72.3 Å². The van der Waals surface area contributed by atoms with Crippen molar-refractivity contribution < 1.29 is 19.1 Å². The van der Waals surface area contributed by atoms with Crippen LogP contribution in [0.15, 0.2) is 61.2 Å². The molecule has 1 heterocycles. The summed E-state index contributed by atoms with van der Waals surface area (Å²) in [5.41, 5.74) is 1.45. The van der Waals surface area contributed by atoms with E-state index < -0.39 is 6.04 Å². The number of benzene rings is 2. The van der Waals surface area contributed by atoms with Gasteiger partial charge in [0.25, 0.3) is 11.8 Å². The lowest BCUT2D eigenvalue weighted by molar-refractivity contribution is -0.124. The highest BCUT2D eigenvalue weighted by Crippen LogP contribution is 2.22. The number of likely N-dealkylation sites (tertiary alicyclic amines) is 1. The van der Waals surface area contributed by atoms with Crippen LogP contribution in [0.1, 0.15) is 33.6 Å². The summed E-state index contributed by atoms with van der Waals surface area (Å²) in [5, 5.41) is 5.56. The Morgan fingerprint density at radius 2 is 1.90 bits per heavy atom. The normalized spacial score (nSPS) is 15.4. The fourth-order valence-corrected chi connectivity index (χ4v) is 3.47. The van der Waals surface area contributed by atoms with Gasteiger partial charge in [-0.05, 0) is 49.2 Å². The molecule has 7 heteroatoms. The Morgan fingerprint density at radius 1 is 1.17 bits per heavy atom. The molecule has 3 amide bonds. The van der Waals surface area contributed by atoms with Crippen molar-refractivity contribution in [1.29, 1.82) is 0 Å². The first-order chi connectivity index (χ1) is 14.5. The molecule has 3 rings (SSSR count). The van der Waals surface area contributed by atoms with Crippen molar-refractivity contribution in [3.8, 4) is 5.75 Å². The summed E-state index contributed by atoms with van der Waals surface area (Å²) in [7, 11) is 1.51. The minimum atomic E-state index is -0.470. The van der Waals surface area contributed by atoms with Gasteiger partial charge in [-0.15, -0.1) is 6.58 Å². The molecule has 1 aliphatic rings. The van der Waals surface area contributed by atoms with Gasteiger partial charge in [-0.25, -0.2) is 0 Å². The molecule has 1 aliphatic heterocycles. The van der Waals surface area contributed by atoms with E-state index in [0.29, 0.717) is 42.1 Å². The maximum absolute atomic E-state index is 12.9. The molecule has 7 nitrogen and oxygen atoms in total. The molecule has 2 aromatic carbocycles. The maximum atomic E-state index is 12.9. The highest BCUT2D eigenvalue weighted by atomic mass is 16.5. The molecule has 0 aromatic heterocycles. The molecule has 1 atom stereocenters. The summed E-state index contributed by atoms with van der Waals surface area (Å²) in [5.74, 6) is -0.183. The quantitative estimate of drug-likeness (QED) is 0.691. The number of amides is 3. The van der Waals surface area contributed by atoms with Crippen LogP contribution in [-0.4, -0.2) is 48.9 Å². The van der Waals surface area contributed by atoms with Crippen LogP contribution in [0.3, 0.4) is 0 Å². The predicted molar refractivity (Wildman–Crippen MR) is 115 cm³/mol. The maximum Gasteiger partial charge on any atom is 0.259 e. The fraction of sp³-hybridized carbons (Fsp3) is 0.261. The number of hydrogen-bond donors (Lipinski definition) is 2. The van der Waals surface area contributed by atoms with Crippen LogP contribution in [0.25, 0.3) is 0 Å². The smallest absolute Gasteiger partial charge is 0.259 e. The number of hydrogen-bond acceptors (Lipinski definition) is 4. The molecule has 2 aromatic rings. The minimum Gasteiger partial charge on any atom is -0.496 e. The third-order valence-electron chi connectivity index (χ3n) is 4.98. The summed E-state index contributed by atoms with van der Waals surface area (Å²) in [6.45, 7) is 4.50. The van der Waals surface area contributed by atoms with Gasteiger partial charge < -0.3 is 20.3 Å². The number of carbonyl (C=O) groups is 3. The number of ether oxygens (including phenoxy) is 1. The first-order valence-electron chi connectivity index (χ1n) is 9.79. The number of methoxy groups -OCH3 is 1. The van der Waals surface area contributed by atoms with Crippen molar-refractivity contribution in [2.45, 2.75) is 18.9 Å². The number of para-hydroxylation sites is 1. The highest BCUT2D eigenvalue weighted by Gasteiger charge is 2.34. The van der Waals surface area contributed by atoms with Gasteiger partial charge in [-0.1, -0.05) is 18.2 Å². The topological polar surface area (TPSA) is 87.7 Å². The van der Waals surface area contributed by atoms with Gasteiger partial charge in [0.05, 0.1) is 12.7 Å². The van der Waals surface area contributed by atoms with Crippen LogP contribution in [0.4, 0.5) is 5.69 Å². The van der Waals surface area contributed by atoms with Gasteiger partial charge in [-0.2, -0.15) is 0 Å². The zero-order chi connectivity index (χ0) is 21.5. The van der Waals surface area contributed by atoms with E-state index in [0.717, 1.165) is 6.42 Å². The van der Waals surface area contributed by atoms with Crippen LogP contribution in [-0.2, 0) is 4.79 Å². The van der Waals surface area contributed by atoms with Gasteiger partial charge in [0.2, 0.25) is 5.91 Å². The third kappa shape index (κ3) is 4.68. The fourth-order valence-electron chi connectivity index (χ4n) is 3.47. The molecule has 0 bridgehead atoms. The van der Waals surface area contributed by atoms with E-state index in [4.69, 9.17) is 4.74 Å². The van der Waals surface area contributed by atoms with Gasteiger partial charge in [0, 0.05) is 24.3 Å². The van der Waals surface area contributed by atoms with Crippen molar-refractivity contribution in [3.63, 3.8) is 0 Å². The largest absolute Gasteiger partial charge is 0.496 e. The van der Waals surface area contributed by atoms with E-state index in [1.807, 2.05) is 0 Å². The summed E-state index contributed by atoms with van der Waals surface area (Å²) < 4.78 is 5.22. The van der Waals surface area contributed by atoms with Crippen molar-refractivity contribution in [1.82, 2.24) is 10.2 Å².